The van der Waals surface area contributed by atoms with Gasteiger partial charge in [-0.25, -0.2) is 4.79 Å². The molecule has 0 aromatic heterocycles. The molecule has 0 spiro atoms. The van der Waals surface area contributed by atoms with Crippen LogP contribution in [0.2, 0.25) is 0 Å². The average Bonchev–Trinajstić information content (AvgIpc) is 2.55. The van der Waals surface area contributed by atoms with E-state index in [0.29, 0.717) is 17.9 Å². The first kappa shape index (κ1) is 15.1. The molecule has 0 atom stereocenters. The molecule has 0 N–H and O–H groups in total. The molecule has 2 aromatic carbocycles. The second-order valence-corrected chi connectivity index (χ2v) is 4.81. The molecule has 0 aliphatic rings. The van der Waals surface area contributed by atoms with Crippen LogP contribution in [0.5, 0.6) is 5.75 Å². The summed E-state index contributed by atoms with van der Waals surface area (Å²) in [6.45, 7) is 0.650. The molecule has 3 heteroatoms. The molecule has 0 bridgehead atoms. The molecule has 0 unspecified atom stereocenters. The summed E-state index contributed by atoms with van der Waals surface area (Å²) >= 11 is 0. The van der Waals surface area contributed by atoms with Crippen LogP contribution < -0.4 is 4.74 Å². The van der Waals surface area contributed by atoms with E-state index in [9.17, 15) is 4.79 Å². The minimum absolute atomic E-state index is 0.343. The summed E-state index contributed by atoms with van der Waals surface area (Å²) in [4.78, 5) is 11.4. The van der Waals surface area contributed by atoms with Crippen molar-refractivity contribution in [2.75, 3.05) is 13.7 Å². The lowest BCUT2D eigenvalue weighted by Crippen LogP contribution is -2.03. The summed E-state index contributed by atoms with van der Waals surface area (Å²) in [5.74, 6) is 0.363. The Bertz CT molecular complexity index is 564. The van der Waals surface area contributed by atoms with Gasteiger partial charge in [-0.1, -0.05) is 36.4 Å². The van der Waals surface area contributed by atoms with E-state index in [0.717, 1.165) is 19.3 Å². The Morgan fingerprint density at radius 1 is 1.00 bits per heavy atom. The lowest BCUT2D eigenvalue weighted by molar-refractivity contribution is 0.0600. The molecule has 21 heavy (non-hydrogen) atoms. The maximum atomic E-state index is 11.4. The molecule has 110 valence electrons. The lowest BCUT2D eigenvalue weighted by Gasteiger charge is -2.07. The zero-order valence-electron chi connectivity index (χ0n) is 12.2. The van der Waals surface area contributed by atoms with E-state index in [-0.39, 0.29) is 5.97 Å². The van der Waals surface area contributed by atoms with Gasteiger partial charge >= 0.3 is 5.97 Å². The van der Waals surface area contributed by atoms with E-state index in [1.807, 2.05) is 12.1 Å². The predicted molar refractivity (Wildman–Crippen MR) is 82.7 cm³/mol. The molecule has 0 fully saturated rings. The maximum Gasteiger partial charge on any atom is 0.337 e. The SMILES string of the molecule is COC(=O)c1cccc(OCCCCc2ccccc2)c1. The number of unbranched alkanes of at least 4 members (excludes halogenated alkanes) is 1. The largest absolute Gasteiger partial charge is 0.494 e. The summed E-state index contributed by atoms with van der Waals surface area (Å²) in [6, 6.07) is 17.5. The van der Waals surface area contributed by atoms with Gasteiger partial charge in [0.1, 0.15) is 5.75 Å². The van der Waals surface area contributed by atoms with Gasteiger partial charge in [0, 0.05) is 0 Å². The highest BCUT2D eigenvalue weighted by Crippen LogP contribution is 2.15. The third-order valence-corrected chi connectivity index (χ3v) is 3.23. The third-order valence-electron chi connectivity index (χ3n) is 3.23. The Kier molecular flexibility index (Phi) is 5.83. The Hall–Kier alpha value is -2.29. The summed E-state index contributed by atoms with van der Waals surface area (Å²) in [5.41, 5.74) is 1.87. The number of hydrogen-bond acceptors (Lipinski definition) is 3. The van der Waals surface area contributed by atoms with Crippen LogP contribution in [0.1, 0.15) is 28.8 Å². The number of aryl methyl sites for hydroxylation is 1. The molecule has 0 saturated carbocycles. The summed E-state index contributed by atoms with van der Waals surface area (Å²) in [6.07, 6.45) is 3.13. The molecular weight excluding hydrogens is 264 g/mol. The molecule has 2 aromatic rings. The molecule has 0 amide bonds. The van der Waals surface area contributed by atoms with E-state index >= 15 is 0 Å². The Morgan fingerprint density at radius 2 is 1.81 bits per heavy atom. The van der Waals surface area contributed by atoms with Crippen LogP contribution in [0.25, 0.3) is 0 Å². The highest BCUT2D eigenvalue weighted by atomic mass is 16.5. The number of ether oxygens (including phenoxy) is 2. The van der Waals surface area contributed by atoms with Gasteiger partial charge in [0.25, 0.3) is 0 Å². The molecular formula is C18H20O3. The minimum atomic E-state index is -0.343. The molecule has 0 aliphatic heterocycles. The fraction of sp³-hybridized carbons (Fsp3) is 0.278. The van der Waals surface area contributed by atoms with Crippen molar-refractivity contribution in [3.63, 3.8) is 0 Å². The summed E-state index contributed by atoms with van der Waals surface area (Å²) in [7, 11) is 1.37. The van der Waals surface area contributed by atoms with Crippen molar-refractivity contribution in [1.29, 1.82) is 0 Å². The summed E-state index contributed by atoms with van der Waals surface area (Å²) < 4.78 is 10.4. The quantitative estimate of drug-likeness (QED) is 0.572. The van der Waals surface area contributed by atoms with Crippen molar-refractivity contribution in [2.24, 2.45) is 0 Å². The van der Waals surface area contributed by atoms with E-state index in [4.69, 9.17) is 4.74 Å². The van der Waals surface area contributed by atoms with Crippen molar-refractivity contribution >= 4 is 5.97 Å². The van der Waals surface area contributed by atoms with Gasteiger partial charge in [-0.3, -0.25) is 0 Å². The predicted octanol–water partition coefficient (Wildman–Crippen LogP) is 3.87. The third kappa shape index (κ3) is 4.95. The van der Waals surface area contributed by atoms with Gasteiger partial charge < -0.3 is 9.47 Å². The van der Waals surface area contributed by atoms with Crippen LogP contribution in [-0.4, -0.2) is 19.7 Å². The minimum Gasteiger partial charge on any atom is -0.494 e. The normalized spacial score (nSPS) is 10.1. The van der Waals surface area contributed by atoms with E-state index < -0.39 is 0 Å². The molecule has 0 saturated heterocycles. The maximum absolute atomic E-state index is 11.4. The standard InChI is InChI=1S/C18H20O3/c1-20-18(19)16-11-7-12-17(14-16)21-13-6-5-10-15-8-3-2-4-9-15/h2-4,7-9,11-12,14H,5-6,10,13H2,1H3. The Balaban J connectivity index is 1.72. The number of carbonyl (C=O) groups excluding carboxylic acids is 1. The molecule has 0 aliphatic carbocycles. The molecule has 3 nitrogen and oxygen atoms in total. The van der Waals surface area contributed by atoms with Crippen molar-refractivity contribution in [3.05, 3.63) is 65.7 Å². The van der Waals surface area contributed by atoms with Crippen LogP contribution in [0, 0.1) is 0 Å². The van der Waals surface area contributed by atoms with Crippen LogP contribution in [0.15, 0.2) is 54.6 Å². The van der Waals surface area contributed by atoms with E-state index in [2.05, 4.69) is 29.0 Å². The van der Waals surface area contributed by atoms with Crippen LogP contribution in [0.3, 0.4) is 0 Å². The highest BCUT2D eigenvalue weighted by molar-refractivity contribution is 5.89. The topological polar surface area (TPSA) is 35.5 Å². The van der Waals surface area contributed by atoms with Gasteiger partial charge in [0.15, 0.2) is 0 Å². The smallest absolute Gasteiger partial charge is 0.337 e. The fourth-order valence-electron chi connectivity index (χ4n) is 2.10. The first-order chi connectivity index (χ1) is 10.3. The molecule has 2 rings (SSSR count). The van der Waals surface area contributed by atoms with Crippen molar-refractivity contribution < 1.29 is 14.3 Å². The second kappa shape index (κ2) is 8.10. The van der Waals surface area contributed by atoms with Gasteiger partial charge in [-0.2, -0.15) is 0 Å². The number of hydrogen-bond donors (Lipinski definition) is 0. The Morgan fingerprint density at radius 3 is 2.57 bits per heavy atom. The highest BCUT2D eigenvalue weighted by Gasteiger charge is 2.05. The first-order valence-electron chi connectivity index (χ1n) is 7.14. The molecule has 0 radical (unpaired) electrons. The number of esters is 1. The van der Waals surface area contributed by atoms with Crippen molar-refractivity contribution in [1.82, 2.24) is 0 Å². The van der Waals surface area contributed by atoms with Gasteiger partial charge in [0.05, 0.1) is 19.3 Å². The van der Waals surface area contributed by atoms with Crippen molar-refractivity contribution in [3.8, 4) is 5.75 Å². The molecule has 0 heterocycles. The first-order valence-corrected chi connectivity index (χ1v) is 7.14. The second-order valence-electron chi connectivity index (χ2n) is 4.81. The van der Waals surface area contributed by atoms with Crippen LogP contribution >= 0.6 is 0 Å². The van der Waals surface area contributed by atoms with Gasteiger partial charge in [-0.15, -0.1) is 0 Å². The van der Waals surface area contributed by atoms with E-state index in [1.54, 1.807) is 18.2 Å². The summed E-state index contributed by atoms with van der Waals surface area (Å²) in [5, 5.41) is 0. The van der Waals surface area contributed by atoms with Crippen molar-refractivity contribution in [2.45, 2.75) is 19.3 Å². The zero-order valence-corrected chi connectivity index (χ0v) is 12.2. The van der Waals surface area contributed by atoms with Gasteiger partial charge in [-0.05, 0) is 43.0 Å². The lowest BCUT2D eigenvalue weighted by atomic mass is 10.1. The number of rotatable bonds is 7. The fourth-order valence-corrected chi connectivity index (χ4v) is 2.10. The number of carbonyl (C=O) groups is 1. The van der Waals surface area contributed by atoms with Crippen LogP contribution in [-0.2, 0) is 11.2 Å². The van der Waals surface area contributed by atoms with Gasteiger partial charge in [0.2, 0.25) is 0 Å². The average molecular weight is 284 g/mol. The number of benzene rings is 2. The van der Waals surface area contributed by atoms with E-state index in [1.165, 1.54) is 12.7 Å². The van der Waals surface area contributed by atoms with Crippen LogP contribution in [0.4, 0.5) is 0 Å². The number of methoxy groups -OCH3 is 1. The Labute approximate surface area is 125 Å². The zero-order chi connectivity index (χ0) is 14.9. The monoisotopic (exact) mass is 284 g/mol.